The maximum absolute atomic E-state index is 9.53. The summed E-state index contributed by atoms with van der Waals surface area (Å²) in [5.74, 6) is 1.65. The molecule has 7 nitrogen and oxygen atoms in total. The first-order valence-electron chi connectivity index (χ1n) is 9.97. The molecule has 0 radical (unpaired) electrons. The Kier molecular flexibility index (Phi) is 8.02. The average molecular weight is 386 g/mol. The second-order valence-electron chi connectivity index (χ2n) is 6.86. The average Bonchev–Trinajstić information content (AvgIpc) is 3.22. The van der Waals surface area contributed by atoms with Crippen LogP contribution in [0.5, 0.6) is 0 Å². The van der Waals surface area contributed by atoms with E-state index in [2.05, 4.69) is 38.4 Å². The minimum atomic E-state index is 0.155. The first-order valence-corrected chi connectivity index (χ1v) is 9.97. The van der Waals surface area contributed by atoms with E-state index in [-0.39, 0.29) is 12.6 Å². The molecule has 1 aliphatic heterocycles. The minimum Gasteiger partial charge on any atom is -0.394 e. The molecule has 1 atom stereocenters. The Morgan fingerprint density at radius 3 is 2.89 bits per heavy atom. The summed E-state index contributed by atoms with van der Waals surface area (Å²) < 4.78 is 10.9. The molecule has 0 bridgehead atoms. The third-order valence-electron chi connectivity index (χ3n) is 4.84. The van der Waals surface area contributed by atoms with Crippen LogP contribution in [0.15, 0.2) is 36.7 Å². The van der Waals surface area contributed by atoms with Gasteiger partial charge in [-0.3, -0.25) is 0 Å². The fraction of sp³-hybridized carbons (Fsp3) is 0.524. The molecule has 7 heteroatoms. The highest BCUT2D eigenvalue weighted by Crippen LogP contribution is 2.24. The van der Waals surface area contributed by atoms with Gasteiger partial charge in [-0.15, -0.1) is 0 Å². The van der Waals surface area contributed by atoms with Crippen LogP contribution in [0.2, 0.25) is 0 Å². The molecular weight excluding hydrogens is 356 g/mol. The Morgan fingerprint density at radius 2 is 2.04 bits per heavy atom. The van der Waals surface area contributed by atoms with E-state index >= 15 is 0 Å². The molecule has 1 aromatic carbocycles. The van der Waals surface area contributed by atoms with Gasteiger partial charge in [0.15, 0.2) is 0 Å². The summed E-state index contributed by atoms with van der Waals surface area (Å²) in [7, 11) is 0. The van der Waals surface area contributed by atoms with Crippen molar-refractivity contribution in [3.05, 3.63) is 47.8 Å². The lowest BCUT2D eigenvalue weighted by molar-refractivity contribution is 0.0453. The molecule has 0 spiro atoms. The van der Waals surface area contributed by atoms with E-state index in [0.717, 1.165) is 36.6 Å². The number of anilines is 2. The first-order chi connectivity index (χ1) is 13.8. The predicted octanol–water partition coefficient (Wildman–Crippen LogP) is 2.60. The van der Waals surface area contributed by atoms with Gasteiger partial charge in [-0.1, -0.05) is 24.3 Å². The van der Waals surface area contributed by atoms with E-state index in [1.165, 1.54) is 5.56 Å². The molecule has 1 saturated heterocycles. The molecule has 2 N–H and O–H groups in total. The number of ether oxygens (including phenoxy) is 2. The molecule has 2 aromatic rings. The number of hydrogen-bond donors (Lipinski definition) is 2. The van der Waals surface area contributed by atoms with Crippen LogP contribution in [0.1, 0.15) is 30.9 Å². The summed E-state index contributed by atoms with van der Waals surface area (Å²) in [6.07, 6.45) is 3.66. The third-order valence-corrected chi connectivity index (χ3v) is 4.84. The van der Waals surface area contributed by atoms with Crippen LogP contribution in [-0.2, 0) is 22.6 Å². The van der Waals surface area contributed by atoms with Crippen LogP contribution in [0.4, 0.5) is 11.6 Å². The van der Waals surface area contributed by atoms with Crippen molar-refractivity contribution in [2.75, 3.05) is 43.2 Å². The Hall–Kier alpha value is -2.22. The number of aliphatic hydroxyl groups excluding tert-OH is 1. The van der Waals surface area contributed by atoms with Crippen LogP contribution in [0.25, 0.3) is 0 Å². The fourth-order valence-corrected chi connectivity index (χ4v) is 3.40. The third kappa shape index (κ3) is 5.89. The molecule has 0 amide bonds. The molecular formula is C21H30N4O3. The van der Waals surface area contributed by atoms with Gasteiger partial charge in [-0.05, 0) is 30.9 Å². The van der Waals surface area contributed by atoms with Gasteiger partial charge in [0, 0.05) is 25.8 Å². The molecule has 1 aliphatic rings. The van der Waals surface area contributed by atoms with Crippen LogP contribution in [0.3, 0.4) is 0 Å². The van der Waals surface area contributed by atoms with Gasteiger partial charge in [-0.25, -0.2) is 9.97 Å². The molecule has 152 valence electrons. The second-order valence-corrected chi connectivity index (χ2v) is 6.86. The molecule has 0 aliphatic carbocycles. The molecule has 2 heterocycles. The van der Waals surface area contributed by atoms with Crippen LogP contribution < -0.4 is 10.2 Å². The summed E-state index contributed by atoms with van der Waals surface area (Å²) in [6, 6.07) is 10.4. The summed E-state index contributed by atoms with van der Waals surface area (Å²) >= 11 is 0. The van der Waals surface area contributed by atoms with Gasteiger partial charge in [0.1, 0.15) is 18.0 Å². The first kappa shape index (κ1) is 20.5. The number of nitrogens with zero attached hydrogens (tertiary/aromatic N) is 3. The van der Waals surface area contributed by atoms with Gasteiger partial charge in [0.25, 0.3) is 0 Å². The van der Waals surface area contributed by atoms with Crippen molar-refractivity contribution < 1.29 is 14.6 Å². The normalized spacial score (nSPS) is 16.5. The van der Waals surface area contributed by atoms with E-state index in [9.17, 15) is 5.11 Å². The standard InChI is InChI=1S/C21H30N4O3/c1-2-27-9-10-28-15-18-6-3-5-17(11-18)13-22-20-12-21(24-16-23-20)25-8-4-7-19(25)14-26/h3,5-6,11-12,16,19,26H,2,4,7-10,13-15H2,1H3,(H,22,23,24). The van der Waals surface area contributed by atoms with Gasteiger partial charge < -0.3 is 24.8 Å². The van der Waals surface area contributed by atoms with Crippen molar-refractivity contribution in [2.24, 2.45) is 0 Å². The molecule has 1 aromatic heterocycles. The van der Waals surface area contributed by atoms with Crippen molar-refractivity contribution in [1.82, 2.24) is 9.97 Å². The zero-order chi connectivity index (χ0) is 19.6. The van der Waals surface area contributed by atoms with Gasteiger partial charge in [0.2, 0.25) is 0 Å². The predicted molar refractivity (Wildman–Crippen MR) is 109 cm³/mol. The molecule has 28 heavy (non-hydrogen) atoms. The van der Waals surface area contributed by atoms with Crippen molar-refractivity contribution >= 4 is 11.6 Å². The summed E-state index contributed by atoms with van der Waals surface area (Å²) in [5.41, 5.74) is 2.31. The Morgan fingerprint density at radius 1 is 1.18 bits per heavy atom. The highest BCUT2D eigenvalue weighted by atomic mass is 16.5. The van der Waals surface area contributed by atoms with Crippen molar-refractivity contribution in [2.45, 2.75) is 39.0 Å². The number of nitrogens with one attached hydrogen (secondary N) is 1. The van der Waals surface area contributed by atoms with Gasteiger partial charge in [-0.2, -0.15) is 0 Å². The van der Waals surface area contributed by atoms with Crippen molar-refractivity contribution in [3.63, 3.8) is 0 Å². The summed E-state index contributed by atoms with van der Waals surface area (Å²) in [6.45, 7) is 6.26. The zero-order valence-corrected chi connectivity index (χ0v) is 16.5. The van der Waals surface area contributed by atoms with Gasteiger partial charge >= 0.3 is 0 Å². The van der Waals surface area contributed by atoms with Crippen LogP contribution in [0, 0.1) is 0 Å². The van der Waals surface area contributed by atoms with E-state index < -0.39 is 0 Å². The van der Waals surface area contributed by atoms with E-state index in [4.69, 9.17) is 9.47 Å². The van der Waals surface area contributed by atoms with Crippen molar-refractivity contribution in [3.8, 4) is 0 Å². The number of rotatable bonds is 11. The van der Waals surface area contributed by atoms with Crippen LogP contribution >= 0.6 is 0 Å². The smallest absolute Gasteiger partial charge is 0.134 e. The maximum atomic E-state index is 9.53. The lowest BCUT2D eigenvalue weighted by atomic mass is 10.1. The minimum absolute atomic E-state index is 0.155. The highest BCUT2D eigenvalue weighted by Gasteiger charge is 2.25. The fourth-order valence-electron chi connectivity index (χ4n) is 3.40. The largest absolute Gasteiger partial charge is 0.394 e. The monoisotopic (exact) mass is 386 g/mol. The SMILES string of the molecule is CCOCCOCc1cccc(CNc2cc(N3CCCC3CO)ncn2)c1. The molecule has 0 saturated carbocycles. The van der Waals surface area contributed by atoms with Crippen molar-refractivity contribution in [1.29, 1.82) is 0 Å². The molecule has 1 unspecified atom stereocenters. The molecule has 1 fully saturated rings. The van der Waals surface area contributed by atoms with Gasteiger partial charge in [0.05, 0.1) is 32.5 Å². The van der Waals surface area contributed by atoms with E-state index in [1.54, 1.807) is 6.33 Å². The maximum Gasteiger partial charge on any atom is 0.134 e. The number of aliphatic hydroxyl groups is 1. The Balaban J connectivity index is 1.53. The number of benzene rings is 1. The lowest BCUT2D eigenvalue weighted by Crippen LogP contribution is -2.32. The van der Waals surface area contributed by atoms with E-state index in [1.807, 2.05) is 19.1 Å². The summed E-state index contributed by atoms with van der Waals surface area (Å²) in [5, 5.41) is 12.9. The van der Waals surface area contributed by atoms with Crippen LogP contribution in [-0.4, -0.2) is 54.1 Å². The summed E-state index contributed by atoms with van der Waals surface area (Å²) in [4.78, 5) is 10.9. The quantitative estimate of drug-likeness (QED) is 0.575. The Bertz CT molecular complexity index is 728. The van der Waals surface area contributed by atoms with E-state index in [0.29, 0.717) is 33.0 Å². The Labute approximate surface area is 166 Å². The zero-order valence-electron chi connectivity index (χ0n) is 16.5. The molecule has 3 rings (SSSR count). The number of hydrogen-bond acceptors (Lipinski definition) is 7. The lowest BCUT2D eigenvalue weighted by Gasteiger charge is -2.24. The highest BCUT2D eigenvalue weighted by molar-refractivity contribution is 5.50. The second kappa shape index (κ2) is 10.9. The number of aromatic nitrogens is 2. The topological polar surface area (TPSA) is 79.7 Å².